The third-order valence-corrected chi connectivity index (χ3v) is 2.45. The second-order valence-corrected chi connectivity index (χ2v) is 3.46. The van der Waals surface area contributed by atoms with Crippen molar-refractivity contribution in [3.63, 3.8) is 0 Å². The van der Waals surface area contributed by atoms with Gasteiger partial charge in [0.15, 0.2) is 0 Å². The topological polar surface area (TPSA) is 74.4 Å². The summed E-state index contributed by atoms with van der Waals surface area (Å²) in [7, 11) is 0. The smallest absolute Gasteiger partial charge is 0.258 e. The molecule has 3 rings (SSSR count). The molecule has 2 heterocycles. The van der Waals surface area contributed by atoms with Crippen molar-refractivity contribution in [3.8, 4) is 11.3 Å². The maximum absolute atomic E-state index is 11.8. The van der Waals surface area contributed by atoms with Gasteiger partial charge in [0.1, 0.15) is 5.69 Å². The number of para-hydroxylation sites is 1. The lowest BCUT2D eigenvalue weighted by atomic mass is 10.1. The number of rotatable bonds is 1. The van der Waals surface area contributed by atoms with Gasteiger partial charge in [0.2, 0.25) is 0 Å². The molecule has 16 heavy (non-hydrogen) atoms. The number of nitrogens with one attached hydrogen (secondary N) is 2. The van der Waals surface area contributed by atoms with Gasteiger partial charge in [-0.25, -0.2) is 0 Å². The molecule has 3 aromatic rings. The molecule has 1 aromatic carbocycles. The largest absolute Gasteiger partial charge is 0.321 e. The Kier molecular flexibility index (Phi) is 1.83. The fraction of sp³-hybridized carbons (Fsp3) is 0. The van der Waals surface area contributed by atoms with Gasteiger partial charge in [0, 0.05) is 5.52 Å². The number of fused-ring (bicyclic) bond motifs is 1. The molecule has 0 fully saturated rings. The monoisotopic (exact) mass is 212 g/mol. The van der Waals surface area contributed by atoms with Gasteiger partial charge in [-0.1, -0.05) is 23.4 Å². The first kappa shape index (κ1) is 8.84. The van der Waals surface area contributed by atoms with Gasteiger partial charge in [0.05, 0.1) is 11.8 Å². The fourth-order valence-corrected chi connectivity index (χ4v) is 1.67. The molecule has 0 bridgehead atoms. The highest BCUT2D eigenvalue weighted by atomic mass is 16.1. The first-order valence-corrected chi connectivity index (χ1v) is 4.83. The molecule has 0 aliphatic heterocycles. The van der Waals surface area contributed by atoms with Crippen LogP contribution in [0.25, 0.3) is 22.2 Å². The number of pyridine rings is 1. The third-order valence-electron chi connectivity index (χ3n) is 2.45. The van der Waals surface area contributed by atoms with Crippen molar-refractivity contribution < 1.29 is 0 Å². The van der Waals surface area contributed by atoms with Crippen LogP contribution in [-0.2, 0) is 0 Å². The Morgan fingerprint density at radius 1 is 1.19 bits per heavy atom. The van der Waals surface area contributed by atoms with Crippen molar-refractivity contribution >= 4 is 10.9 Å². The standard InChI is InChI=1S/C11H8N4O/c16-11-8(10-6-12-15-14-10)5-7-3-1-2-4-9(7)13-11/h1-6H,(H,13,16)(H,12,14,15). The second kappa shape index (κ2) is 3.30. The van der Waals surface area contributed by atoms with Crippen molar-refractivity contribution in [2.45, 2.75) is 0 Å². The van der Waals surface area contributed by atoms with Crippen LogP contribution in [0.2, 0.25) is 0 Å². The zero-order chi connectivity index (χ0) is 11.0. The molecule has 0 amide bonds. The van der Waals surface area contributed by atoms with Crippen molar-refractivity contribution in [2.75, 3.05) is 0 Å². The summed E-state index contributed by atoms with van der Waals surface area (Å²) in [5, 5.41) is 11.0. The van der Waals surface area contributed by atoms with E-state index in [2.05, 4.69) is 20.4 Å². The van der Waals surface area contributed by atoms with Gasteiger partial charge in [0.25, 0.3) is 5.56 Å². The van der Waals surface area contributed by atoms with E-state index < -0.39 is 0 Å². The van der Waals surface area contributed by atoms with Crippen molar-refractivity contribution in [1.29, 1.82) is 0 Å². The van der Waals surface area contributed by atoms with Crippen molar-refractivity contribution in [3.05, 3.63) is 46.9 Å². The molecule has 0 spiro atoms. The molecular formula is C11H8N4O. The predicted molar refractivity (Wildman–Crippen MR) is 59.9 cm³/mol. The molecule has 5 nitrogen and oxygen atoms in total. The molecule has 2 aromatic heterocycles. The number of H-pyrrole nitrogens is 2. The summed E-state index contributed by atoms with van der Waals surface area (Å²) in [5.74, 6) is 0. The average molecular weight is 212 g/mol. The molecule has 0 saturated heterocycles. The molecule has 0 saturated carbocycles. The summed E-state index contributed by atoms with van der Waals surface area (Å²) in [4.78, 5) is 14.6. The zero-order valence-corrected chi connectivity index (χ0v) is 8.27. The van der Waals surface area contributed by atoms with Crippen LogP contribution < -0.4 is 5.56 Å². The number of hydrogen-bond donors (Lipinski definition) is 2. The fourth-order valence-electron chi connectivity index (χ4n) is 1.67. The van der Waals surface area contributed by atoms with Crippen molar-refractivity contribution in [1.82, 2.24) is 20.4 Å². The van der Waals surface area contributed by atoms with E-state index in [1.54, 1.807) is 6.20 Å². The predicted octanol–water partition coefficient (Wildman–Crippen LogP) is 1.31. The van der Waals surface area contributed by atoms with Gasteiger partial charge in [-0.2, -0.15) is 0 Å². The summed E-state index contributed by atoms with van der Waals surface area (Å²) in [6, 6.07) is 9.42. The van der Waals surface area contributed by atoms with Gasteiger partial charge >= 0.3 is 0 Å². The minimum atomic E-state index is -0.160. The number of nitrogens with zero attached hydrogens (tertiary/aromatic N) is 2. The Balaban J connectivity index is 2.34. The number of hydrogen-bond acceptors (Lipinski definition) is 3. The van der Waals surface area contributed by atoms with Crippen LogP contribution >= 0.6 is 0 Å². The number of aromatic amines is 2. The molecule has 0 atom stereocenters. The van der Waals surface area contributed by atoms with E-state index >= 15 is 0 Å². The summed E-state index contributed by atoms with van der Waals surface area (Å²) < 4.78 is 0. The van der Waals surface area contributed by atoms with Crippen LogP contribution in [-0.4, -0.2) is 20.4 Å². The average Bonchev–Trinajstić information content (AvgIpc) is 2.81. The van der Waals surface area contributed by atoms with Gasteiger partial charge < -0.3 is 4.98 Å². The van der Waals surface area contributed by atoms with Crippen LogP contribution in [0, 0.1) is 0 Å². The van der Waals surface area contributed by atoms with Gasteiger partial charge in [-0.05, 0) is 17.5 Å². The Bertz CT molecular complexity index is 685. The normalized spacial score (nSPS) is 10.8. The lowest BCUT2D eigenvalue weighted by Crippen LogP contribution is -2.08. The third kappa shape index (κ3) is 1.30. The molecule has 78 valence electrons. The first-order valence-electron chi connectivity index (χ1n) is 4.83. The van der Waals surface area contributed by atoms with E-state index in [4.69, 9.17) is 0 Å². The SMILES string of the molecule is O=c1[nH]c2ccccc2cc1-c1c[nH]nn1. The van der Waals surface area contributed by atoms with Crippen LogP contribution in [0.5, 0.6) is 0 Å². The summed E-state index contributed by atoms with van der Waals surface area (Å²) in [6.45, 7) is 0. The summed E-state index contributed by atoms with van der Waals surface area (Å²) >= 11 is 0. The van der Waals surface area contributed by atoms with E-state index in [-0.39, 0.29) is 5.56 Å². The lowest BCUT2D eigenvalue weighted by molar-refractivity contribution is 0.941. The van der Waals surface area contributed by atoms with Crippen LogP contribution in [0.3, 0.4) is 0 Å². The van der Waals surface area contributed by atoms with E-state index in [9.17, 15) is 4.79 Å². The molecule has 5 heteroatoms. The van der Waals surface area contributed by atoms with Gasteiger partial charge in [-0.3, -0.25) is 9.89 Å². The highest BCUT2D eigenvalue weighted by Gasteiger charge is 2.07. The van der Waals surface area contributed by atoms with Crippen molar-refractivity contribution in [2.24, 2.45) is 0 Å². The molecule has 0 radical (unpaired) electrons. The maximum atomic E-state index is 11.8. The second-order valence-electron chi connectivity index (χ2n) is 3.46. The maximum Gasteiger partial charge on any atom is 0.258 e. The minimum Gasteiger partial charge on any atom is -0.321 e. The number of aromatic nitrogens is 4. The summed E-state index contributed by atoms with van der Waals surface area (Å²) in [6.07, 6.45) is 1.60. The molecule has 0 aliphatic carbocycles. The highest BCUT2D eigenvalue weighted by Crippen LogP contribution is 2.16. The van der Waals surface area contributed by atoms with E-state index in [0.717, 1.165) is 10.9 Å². The number of benzene rings is 1. The Labute approximate surface area is 90.1 Å². The molecule has 2 N–H and O–H groups in total. The molecular weight excluding hydrogens is 204 g/mol. The Morgan fingerprint density at radius 2 is 2.06 bits per heavy atom. The quantitative estimate of drug-likeness (QED) is 0.638. The highest BCUT2D eigenvalue weighted by molar-refractivity contribution is 5.82. The zero-order valence-electron chi connectivity index (χ0n) is 8.27. The van der Waals surface area contributed by atoms with Gasteiger partial charge in [-0.15, -0.1) is 5.10 Å². The molecule has 0 aliphatic rings. The first-order chi connectivity index (χ1) is 7.84. The summed E-state index contributed by atoms with van der Waals surface area (Å²) in [5.41, 5.74) is 1.73. The minimum absolute atomic E-state index is 0.160. The van der Waals surface area contributed by atoms with Crippen LogP contribution in [0.15, 0.2) is 41.3 Å². The van der Waals surface area contributed by atoms with E-state index in [1.807, 2.05) is 30.3 Å². The van der Waals surface area contributed by atoms with E-state index in [1.165, 1.54) is 0 Å². The lowest BCUT2D eigenvalue weighted by Gasteiger charge is -1.99. The Hall–Kier alpha value is -2.43. The van der Waals surface area contributed by atoms with E-state index in [0.29, 0.717) is 11.3 Å². The molecule has 0 unspecified atom stereocenters. The van der Waals surface area contributed by atoms with Crippen LogP contribution in [0.1, 0.15) is 0 Å². The Morgan fingerprint density at radius 3 is 2.88 bits per heavy atom. The van der Waals surface area contributed by atoms with Crippen LogP contribution in [0.4, 0.5) is 0 Å².